The number of carbonyl (C=O) groups excluding carboxylic acids is 2. The van der Waals surface area contributed by atoms with E-state index in [9.17, 15) is 58.9 Å². The molecular formula is C51H84O17P2. The predicted molar refractivity (Wildman–Crippen MR) is 270 cm³/mol. The molecule has 8 N–H and O–H groups in total. The highest BCUT2D eigenvalue weighted by Gasteiger charge is 2.54. The van der Waals surface area contributed by atoms with E-state index in [0.29, 0.717) is 25.7 Å². The lowest BCUT2D eigenvalue weighted by Gasteiger charge is -2.43. The molecule has 9 atom stereocenters. The monoisotopic (exact) mass is 1030 g/mol. The third kappa shape index (κ3) is 34.3. The van der Waals surface area contributed by atoms with Gasteiger partial charge in [-0.05, 0) is 89.9 Å². The first-order valence-corrected chi connectivity index (χ1v) is 27.9. The molecule has 1 saturated carbocycles. The highest BCUT2D eigenvalue weighted by Crippen LogP contribution is 2.49. The number of phosphoric acid groups is 2. The molecule has 1 aliphatic carbocycles. The first kappa shape index (κ1) is 64.9. The Morgan fingerprint density at radius 3 is 1.49 bits per heavy atom. The molecule has 0 saturated heterocycles. The number of rotatable bonds is 40. The number of aliphatic hydroxyl groups is 5. The van der Waals surface area contributed by atoms with Gasteiger partial charge in [-0.25, -0.2) is 9.13 Å². The van der Waals surface area contributed by atoms with Crippen LogP contribution in [0.25, 0.3) is 0 Å². The zero-order valence-corrected chi connectivity index (χ0v) is 43.1. The molecule has 0 heterocycles. The molecule has 0 aromatic carbocycles. The molecule has 70 heavy (non-hydrogen) atoms. The topological polar surface area (TPSA) is 276 Å². The van der Waals surface area contributed by atoms with E-state index in [4.69, 9.17) is 18.5 Å². The van der Waals surface area contributed by atoms with Crippen molar-refractivity contribution in [2.75, 3.05) is 13.2 Å². The largest absolute Gasteiger partial charge is 0.472 e. The SMILES string of the molecule is CCCCC/C=C\C/C=C\C/C=C\C/C=C\CCCCCC(=O)OC[C@H](COP(=O)(O)O[C@H]1C(O)C(O)C(O)[C@@H](OP(=O)(O)O)C1O)OC(=O)CCC/C=C\C/C=C\C/C=C\C/C=C\[C@H](O)CCCC. The van der Waals surface area contributed by atoms with Crippen LogP contribution < -0.4 is 0 Å². The Bertz CT molecular complexity index is 1730. The third-order valence-electron chi connectivity index (χ3n) is 10.7. The smallest absolute Gasteiger partial charge is 0.462 e. The van der Waals surface area contributed by atoms with Crippen molar-refractivity contribution in [3.63, 3.8) is 0 Å². The zero-order chi connectivity index (χ0) is 51.9. The van der Waals surface area contributed by atoms with Gasteiger partial charge in [0.2, 0.25) is 0 Å². The molecule has 400 valence electrons. The standard InChI is InChI=1S/C51H84O17P2/c1-3-5-7-8-9-10-11-12-13-14-15-16-17-18-22-25-28-31-34-38-44(53)64-40-43(41-65-70(62,63)68-51-48(57)46(55)47(56)50(49(51)58)67-69(59,60)61)66-45(54)39-35-32-29-26-23-20-19-21-24-27-30-33-37-42(52)36-6-4-2/h9-10,12-13,15-16,18-20,22,24,26-27,29,33,37,42-43,46-52,55-58H,3-8,11,14,17,21,23,25,28,30-32,34-36,38-41H2,1-2H3,(H,62,63)(H2,59,60,61)/b10-9-,13-12-,16-15-,20-19-,22-18-,27-24-,29-26-,37-33-/t42-,43-,46?,47?,48?,49?,50-,51+/m1/s1. The van der Waals surface area contributed by atoms with Crippen molar-refractivity contribution in [1.29, 1.82) is 0 Å². The minimum Gasteiger partial charge on any atom is -0.462 e. The van der Waals surface area contributed by atoms with Crippen LogP contribution in [0.3, 0.4) is 0 Å². The predicted octanol–water partition coefficient (Wildman–Crippen LogP) is 8.92. The summed E-state index contributed by atoms with van der Waals surface area (Å²) in [6.45, 7) is 2.85. The Kier molecular flexibility index (Phi) is 37.4. The summed E-state index contributed by atoms with van der Waals surface area (Å²) in [5.41, 5.74) is 0. The highest BCUT2D eigenvalue weighted by molar-refractivity contribution is 7.47. The molecule has 0 aromatic rings. The normalized spacial score (nSPS) is 22.3. The fourth-order valence-electron chi connectivity index (χ4n) is 6.78. The Morgan fingerprint density at radius 1 is 0.514 bits per heavy atom. The van der Waals surface area contributed by atoms with Gasteiger partial charge in [0, 0.05) is 12.8 Å². The molecule has 19 heteroatoms. The van der Waals surface area contributed by atoms with Gasteiger partial charge in [-0.3, -0.25) is 23.2 Å². The number of ether oxygens (including phenoxy) is 2. The average molecular weight is 1030 g/mol. The van der Waals surface area contributed by atoms with Crippen molar-refractivity contribution >= 4 is 27.6 Å². The lowest BCUT2D eigenvalue weighted by molar-refractivity contribution is -0.216. The number of phosphoric ester groups is 2. The Labute approximate surface area is 416 Å². The van der Waals surface area contributed by atoms with Crippen LogP contribution in [0, 0.1) is 0 Å². The summed E-state index contributed by atoms with van der Waals surface area (Å²) < 4.78 is 49.3. The lowest BCUT2D eigenvalue weighted by atomic mass is 9.85. The van der Waals surface area contributed by atoms with E-state index in [1.165, 1.54) is 19.3 Å². The van der Waals surface area contributed by atoms with Crippen molar-refractivity contribution < 1.29 is 82.0 Å². The number of carbonyl (C=O) groups is 2. The van der Waals surface area contributed by atoms with Crippen LogP contribution in [0.5, 0.6) is 0 Å². The van der Waals surface area contributed by atoms with Crippen LogP contribution >= 0.6 is 15.6 Å². The number of esters is 2. The molecule has 1 rings (SSSR count). The quantitative estimate of drug-likeness (QED) is 0.0123. The van der Waals surface area contributed by atoms with Gasteiger partial charge in [-0.1, -0.05) is 143 Å². The van der Waals surface area contributed by atoms with Gasteiger partial charge in [0.25, 0.3) is 0 Å². The minimum atomic E-state index is -5.39. The first-order valence-electron chi connectivity index (χ1n) is 24.9. The molecule has 0 amide bonds. The van der Waals surface area contributed by atoms with E-state index in [-0.39, 0.29) is 12.8 Å². The first-order chi connectivity index (χ1) is 33.5. The van der Waals surface area contributed by atoms with E-state index < -0.39 is 89.6 Å². The molecular weight excluding hydrogens is 946 g/mol. The van der Waals surface area contributed by atoms with Crippen molar-refractivity contribution in [2.24, 2.45) is 0 Å². The summed E-state index contributed by atoms with van der Waals surface area (Å²) in [5, 5.41) is 51.1. The van der Waals surface area contributed by atoms with Crippen LogP contribution in [0.4, 0.5) is 0 Å². The van der Waals surface area contributed by atoms with Gasteiger partial charge < -0.3 is 49.7 Å². The van der Waals surface area contributed by atoms with Crippen molar-refractivity contribution in [3.8, 4) is 0 Å². The second-order valence-corrected chi connectivity index (χ2v) is 19.6. The number of hydrogen-bond donors (Lipinski definition) is 8. The summed E-state index contributed by atoms with van der Waals surface area (Å²) in [4.78, 5) is 54.3. The number of allylic oxidation sites excluding steroid dienone is 15. The summed E-state index contributed by atoms with van der Waals surface area (Å²) in [6.07, 6.45) is 34.1. The lowest BCUT2D eigenvalue weighted by Crippen LogP contribution is -2.64. The van der Waals surface area contributed by atoms with Crippen molar-refractivity contribution in [1.82, 2.24) is 0 Å². The van der Waals surface area contributed by atoms with Gasteiger partial charge in [-0.2, -0.15) is 0 Å². The van der Waals surface area contributed by atoms with Crippen LogP contribution in [-0.2, 0) is 41.8 Å². The fourth-order valence-corrected chi connectivity index (χ4v) is 8.32. The summed E-state index contributed by atoms with van der Waals surface area (Å²) >= 11 is 0. The molecule has 0 aromatic heterocycles. The minimum absolute atomic E-state index is 0.0576. The molecule has 1 aliphatic rings. The van der Waals surface area contributed by atoms with Gasteiger partial charge in [0.1, 0.15) is 43.2 Å². The zero-order valence-electron chi connectivity index (χ0n) is 41.3. The Morgan fingerprint density at radius 2 is 0.971 bits per heavy atom. The molecule has 0 aliphatic heterocycles. The average Bonchev–Trinajstić information content (AvgIpc) is 3.31. The summed E-state index contributed by atoms with van der Waals surface area (Å²) in [7, 11) is -10.7. The maximum Gasteiger partial charge on any atom is 0.472 e. The van der Waals surface area contributed by atoms with Crippen molar-refractivity contribution in [3.05, 3.63) is 97.2 Å². The maximum absolute atomic E-state index is 13.0. The summed E-state index contributed by atoms with van der Waals surface area (Å²) in [5.74, 6) is -1.34. The second-order valence-electron chi connectivity index (χ2n) is 17.0. The molecule has 0 bridgehead atoms. The van der Waals surface area contributed by atoms with Gasteiger partial charge >= 0.3 is 27.6 Å². The van der Waals surface area contributed by atoms with Crippen LogP contribution in [0.15, 0.2) is 97.2 Å². The van der Waals surface area contributed by atoms with Crippen LogP contribution in [0.2, 0.25) is 0 Å². The van der Waals surface area contributed by atoms with E-state index in [1.807, 2.05) is 48.6 Å². The Balaban J connectivity index is 2.65. The van der Waals surface area contributed by atoms with E-state index >= 15 is 0 Å². The third-order valence-corrected chi connectivity index (χ3v) is 12.2. The molecule has 17 nitrogen and oxygen atoms in total. The highest BCUT2D eigenvalue weighted by atomic mass is 31.2. The van der Waals surface area contributed by atoms with Crippen molar-refractivity contribution in [2.45, 2.75) is 198 Å². The van der Waals surface area contributed by atoms with Gasteiger partial charge in [0.15, 0.2) is 6.10 Å². The number of unbranched alkanes of at least 4 members (excludes halogenated alkanes) is 8. The van der Waals surface area contributed by atoms with E-state index in [0.717, 1.165) is 77.0 Å². The van der Waals surface area contributed by atoms with Crippen LogP contribution in [0.1, 0.15) is 149 Å². The molecule has 0 spiro atoms. The van der Waals surface area contributed by atoms with E-state index in [1.54, 1.807) is 0 Å². The van der Waals surface area contributed by atoms with Gasteiger partial charge in [0.05, 0.1) is 12.7 Å². The molecule has 5 unspecified atom stereocenters. The van der Waals surface area contributed by atoms with E-state index in [2.05, 4.69) is 67.0 Å². The second kappa shape index (κ2) is 40.4. The fraction of sp³-hybridized carbons (Fsp3) is 0.647. The maximum atomic E-state index is 13.0. The van der Waals surface area contributed by atoms with Crippen LogP contribution in [-0.4, -0.2) is 114 Å². The summed E-state index contributed by atoms with van der Waals surface area (Å²) in [6, 6.07) is 0. The number of aliphatic hydroxyl groups excluding tert-OH is 5. The Hall–Kier alpha value is -3.12. The molecule has 1 fully saturated rings. The number of hydrogen-bond acceptors (Lipinski definition) is 14. The molecule has 0 radical (unpaired) electrons. The van der Waals surface area contributed by atoms with Gasteiger partial charge in [-0.15, -0.1) is 0 Å².